The van der Waals surface area contributed by atoms with Crippen LogP contribution in [0.15, 0.2) is 59.1 Å². The third kappa shape index (κ3) is 7.94. The zero-order valence-electron chi connectivity index (χ0n) is 29.9. The SMILES string of the molecule is C[C@@H](O)[C@H]1C(=O)N2C(C(=O)OCc3ccc([N+](=O)[O-])cc3)=C(S[C@H]3C[C@@H](CN4CCN(S(C)(=O)=O)C4=O)N(C(=O)OCc4ccc([N+](=O)[O-])cc4)C3)[C@H](C)[C@H]12. The summed E-state index contributed by atoms with van der Waals surface area (Å²) in [5.74, 6) is -2.46. The molecular weight excluding hydrogens is 765 g/mol. The summed E-state index contributed by atoms with van der Waals surface area (Å²) in [5.41, 5.74) is 0.688. The minimum atomic E-state index is -3.83. The van der Waals surface area contributed by atoms with E-state index < -0.39 is 79.1 Å². The molecule has 2 aromatic rings. The fraction of sp³-hybridized carbons (Fsp3) is 0.471. The van der Waals surface area contributed by atoms with E-state index in [2.05, 4.69) is 0 Å². The highest BCUT2D eigenvalue weighted by atomic mass is 32.2. The number of likely N-dealkylation sites (tertiary alicyclic amines) is 1. The first-order chi connectivity index (χ1) is 26.0. The Bertz CT molecular complexity index is 2040. The average molecular weight is 803 g/mol. The summed E-state index contributed by atoms with van der Waals surface area (Å²) in [7, 11) is -3.83. The van der Waals surface area contributed by atoms with Gasteiger partial charge in [0.15, 0.2) is 0 Å². The lowest BCUT2D eigenvalue weighted by Gasteiger charge is -2.46. The van der Waals surface area contributed by atoms with Gasteiger partial charge in [0.05, 0.1) is 46.8 Å². The molecule has 0 saturated carbocycles. The number of nitro groups is 2. The molecule has 4 heterocycles. The molecule has 19 nitrogen and oxygen atoms in total. The summed E-state index contributed by atoms with van der Waals surface area (Å²) in [5, 5.41) is 32.1. The number of nitrogens with zero attached hydrogens (tertiary/aromatic N) is 6. The van der Waals surface area contributed by atoms with Crippen LogP contribution in [0.4, 0.5) is 21.0 Å². The Kier molecular flexibility index (Phi) is 11.1. The first-order valence-electron chi connectivity index (χ1n) is 17.2. The molecule has 4 aliphatic rings. The maximum absolute atomic E-state index is 13.8. The summed E-state index contributed by atoms with van der Waals surface area (Å²) >= 11 is 1.26. The van der Waals surface area contributed by atoms with Gasteiger partial charge in [-0.1, -0.05) is 6.92 Å². The van der Waals surface area contributed by atoms with Gasteiger partial charge in [0.25, 0.3) is 11.4 Å². The zero-order valence-corrected chi connectivity index (χ0v) is 31.5. The fourth-order valence-electron chi connectivity index (χ4n) is 7.37. The number of urea groups is 1. The van der Waals surface area contributed by atoms with Gasteiger partial charge in [-0.15, -0.1) is 11.8 Å². The highest BCUT2D eigenvalue weighted by molar-refractivity contribution is 8.03. The lowest BCUT2D eigenvalue weighted by molar-refractivity contribution is -0.385. The van der Waals surface area contributed by atoms with E-state index in [-0.39, 0.29) is 62.9 Å². The van der Waals surface area contributed by atoms with Crippen molar-refractivity contribution < 1.29 is 52.0 Å². The van der Waals surface area contributed by atoms with Crippen LogP contribution in [0.1, 0.15) is 31.4 Å². The van der Waals surface area contributed by atoms with Gasteiger partial charge >= 0.3 is 18.1 Å². The van der Waals surface area contributed by atoms with Crippen LogP contribution >= 0.6 is 11.8 Å². The van der Waals surface area contributed by atoms with Gasteiger partial charge in [0.2, 0.25) is 15.9 Å². The van der Waals surface area contributed by atoms with Crippen molar-refractivity contribution in [2.75, 3.05) is 32.4 Å². The third-order valence-corrected chi connectivity index (χ3v) is 12.8. The first-order valence-corrected chi connectivity index (χ1v) is 19.9. The number of rotatable bonds is 13. The van der Waals surface area contributed by atoms with Crippen molar-refractivity contribution in [3.63, 3.8) is 0 Å². The van der Waals surface area contributed by atoms with Crippen LogP contribution in [0.3, 0.4) is 0 Å². The molecule has 6 rings (SSSR count). The molecule has 0 bridgehead atoms. The lowest BCUT2D eigenvalue weighted by Crippen LogP contribution is -2.63. The normalized spacial score (nSPS) is 24.2. The van der Waals surface area contributed by atoms with Crippen LogP contribution < -0.4 is 0 Å². The molecule has 4 aliphatic heterocycles. The van der Waals surface area contributed by atoms with Gasteiger partial charge in [-0.3, -0.25) is 25.0 Å². The number of carbonyl (C=O) groups is 4. The van der Waals surface area contributed by atoms with E-state index in [4.69, 9.17) is 9.47 Å². The van der Waals surface area contributed by atoms with Crippen molar-refractivity contribution >= 4 is 57.2 Å². The van der Waals surface area contributed by atoms with Gasteiger partial charge in [-0.2, -0.15) is 0 Å². The summed E-state index contributed by atoms with van der Waals surface area (Å²) in [6.45, 7) is 2.95. The van der Waals surface area contributed by atoms with Crippen LogP contribution in [-0.2, 0) is 42.3 Å². The number of nitro benzene ring substituents is 2. The molecule has 55 heavy (non-hydrogen) atoms. The second-order valence-corrected chi connectivity index (χ2v) is 17.0. The number of carbonyl (C=O) groups excluding carboxylic acids is 4. The predicted molar refractivity (Wildman–Crippen MR) is 193 cm³/mol. The first kappa shape index (κ1) is 39.4. The van der Waals surface area contributed by atoms with Crippen molar-refractivity contribution in [1.82, 2.24) is 19.0 Å². The molecule has 0 spiro atoms. The number of amides is 4. The fourth-order valence-corrected chi connectivity index (χ4v) is 9.74. The maximum Gasteiger partial charge on any atom is 0.410 e. The minimum Gasteiger partial charge on any atom is -0.456 e. The molecule has 0 radical (unpaired) electrons. The smallest absolute Gasteiger partial charge is 0.410 e. The Hall–Kier alpha value is -5.28. The lowest BCUT2D eigenvalue weighted by atomic mass is 9.79. The van der Waals surface area contributed by atoms with Crippen LogP contribution in [-0.4, -0.2) is 122 Å². The monoisotopic (exact) mass is 802 g/mol. The molecule has 0 unspecified atom stereocenters. The van der Waals surface area contributed by atoms with Gasteiger partial charge in [0.1, 0.15) is 18.9 Å². The van der Waals surface area contributed by atoms with Crippen LogP contribution in [0.5, 0.6) is 0 Å². The number of hydrogen-bond donors (Lipinski definition) is 1. The number of sulfonamides is 1. The van der Waals surface area contributed by atoms with Crippen molar-refractivity contribution in [1.29, 1.82) is 0 Å². The molecule has 6 atom stereocenters. The molecule has 21 heteroatoms. The number of benzene rings is 2. The number of ether oxygens (including phenoxy) is 2. The zero-order chi connectivity index (χ0) is 39.9. The summed E-state index contributed by atoms with van der Waals surface area (Å²) in [4.78, 5) is 79.4. The highest BCUT2D eigenvalue weighted by Crippen LogP contribution is 2.52. The van der Waals surface area contributed by atoms with Crippen LogP contribution in [0.25, 0.3) is 0 Å². The minimum absolute atomic E-state index is 0.000532. The third-order valence-electron chi connectivity index (χ3n) is 10.1. The van der Waals surface area contributed by atoms with Crippen molar-refractivity contribution in [2.45, 2.75) is 56.9 Å². The van der Waals surface area contributed by atoms with Gasteiger partial charge in [-0.05, 0) is 48.7 Å². The Balaban J connectivity index is 1.23. The number of esters is 1. The number of fused-ring (bicyclic) bond motifs is 1. The summed E-state index contributed by atoms with van der Waals surface area (Å²) < 4.78 is 36.3. The Morgan fingerprint density at radius 1 is 0.964 bits per heavy atom. The molecule has 3 fully saturated rings. The number of aliphatic hydroxyl groups is 1. The second kappa shape index (κ2) is 15.5. The Morgan fingerprint density at radius 2 is 1.53 bits per heavy atom. The predicted octanol–water partition coefficient (Wildman–Crippen LogP) is 2.83. The quantitative estimate of drug-likeness (QED) is 0.133. The number of non-ortho nitro benzene ring substituents is 2. The van der Waals surface area contributed by atoms with E-state index in [0.29, 0.717) is 16.0 Å². The average Bonchev–Trinajstić information content (AvgIpc) is 3.78. The topological polar surface area (TPSA) is 240 Å². The number of β-lactam (4-membered cyclic amide) rings is 1. The van der Waals surface area contributed by atoms with E-state index in [0.717, 1.165) is 10.6 Å². The number of thioether (sulfide) groups is 1. The second-order valence-electron chi connectivity index (χ2n) is 13.8. The van der Waals surface area contributed by atoms with Crippen LogP contribution in [0.2, 0.25) is 0 Å². The molecule has 2 aromatic carbocycles. The van der Waals surface area contributed by atoms with E-state index in [1.54, 1.807) is 0 Å². The highest BCUT2D eigenvalue weighted by Gasteiger charge is 2.60. The van der Waals surface area contributed by atoms with E-state index in [9.17, 15) is 52.9 Å². The largest absolute Gasteiger partial charge is 0.456 e. The van der Waals surface area contributed by atoms with Crippen LogP contribution in [0, 0.1) is 32.1 Å². The van der Waals surface area contributed by atoms with Gasteiger partial charge < -0.3 is 29.3 Å². The van der Waals surface area contributed by atoms with E-state index >= 15 is 0 Å². The molecule has 4 amide bonds. The number of aliphatic hydroxyl groups excluding tert-OH is 1. The van der Waals surface area contributed by atoms with Crippen molar-refractivity contribution in [3.8, 4) is 0 Å². The van der Waals surface area contributed by atoms with Crippen molar-refractivity contribution in [2.24, 2.45) is 11.8 Å². The Morgan fingerprint density at radius 3 is 2.04 bits per heavy atom. The molecule has 0 aromatic heterocycles. The maximum atomic E-state index is 13.8. The summed E-state index contributed by atoms with van der Waals surface area (Å²) in [6, 6.07) is 8.99. The molecule has 0 aliphatic carbocycles. The van der Waals surface area contributed by atoms with E-state index in [1.807, 2.05) is 6.92 Å². The molecule has 294 valence electrons. The van der Waals surface area contributed by atoms with Gasteiger partial charge in [0, 0.05) is 60.0 Å². The summed E-state index contributed by atoms with van der Waals surface area (Å²) in [6.07, 6.45) is -0.541. The van der Waals surface area contributed by atoms with Gasteiger partial charge in [-0.25, -0.2) is 27.1 Å². The number of hydrogen-bond acceptors (Lipinski definition) is 14. The standard InChI is InChI=1S/C34H38N6O13S2/c1-19-28-27(20(2)41)31(42)38(28)29(32(43)52-17-21-4-8-23(9-5-21)39(46)47)30(19)54-26-14-25(15-35-12-13-37(33(35)44)55(3,50)51)36(16-26)34(45)53-18-22-6-10-24(11-7-22)40(48)49/h4-11,19-20,25-28,41H,12-18H2,1-3H3/t19-,20-,25+,26+,27-,28-/m1/s1. The molecule has 3 saturated heterocycles. The molecular formula is C34H38N6O13S2. The van der Waals surface area contributed by atoms with E-state index in [1.165, 1.54) is 81.9 Å². The van der Waals surface area contributed by atoms with Crippen molar-refractivity contribution in [3.05, 3.63) is 90.5 Å². The molecule has 1 N–H and O–H groups in total. The Labute approximate surface area is 319 Å².